The van der Waals surface area contributed by atoms with Crippen LogP contribution in [0.4, 0.5) is 0 Å². The van der Waals surface area contributed by atoms with Crippen molar-refractivity contribution in [2.75, 3.05) is 19.8 Å². The van der Waals surface area contributed by atoms with E-state index in [4.69, 9.17) is 9.47 Å². The van der Waals surface area contributed by atoms with E-state index in [1.807, 2.05) is 12.1 Å². The normalized spacial score (nSPS) is 11.5. The number of hydrogen-bond donors (Lipinski definition) is 0. The van der Waals surface area contributed by atoms with E-state index in [1.54, 1.807) is 0 Å². The third-order valence-electron chi connectivity index (χ3n) is 3.36. The second-order valence-corrected chi connectivity index (χ2v) is 7.29. The van der Waals surface area contributed by atoms with E-state index in [1.165, 1.54) is 11.1 Å². The maximum atomic E-state index is 12.2. The largest absolute Gasteiger partial charge is 0.460 e. The first-order chi connectivity index (χ1) is 10.9. The van der Waals surface area contributed by atoms with E-state index in [-0.39, 0.29) is 11.4 Å². The summed E-state index contributed by atoms with van der Waals surface area (Å²) >= 11 is 0. The lowest BCUT2D eigenvalue weighted by Crippen LogP contribution is -2.18. The van der Waals surface area contributed by atoms with Crippen molar-refractivity contribution in [1.82, 2.24) is 0 Å². The molecule has 0 fully saturated rings. The summed E-state index contributed by atoms with van der Waals surface area (Å²) in [6.45, 7) is 12.1. The first-order valence-corrected chi connectivity index (χ1v) is 8.73. The van der Waals surface area contributed by atoms with Gasteiger partial charge in [0.25, 0.3) is 0 Å². The molecular weight excluding hydrogens is 288 g/mol. The van der Waals surface area contributed by atoms with Gasteiger partial charge in [-0.2, -0.15) is 0 Å². The van der Waals surface area contributed by atoms with Crippen LogP contribution in [0.1, 0.15) is 68.9 Å². The number of carbonyl (C=O) groups excluding carboxylic acids is 1. The Morgan fingerprint density at radius 3 is 2.00 bits per heavy atom. The molecule has 0 aliphatic rings. The van der Waals surface area contributed by atoms with Gasteiger partial charge in [-0.25, -0.2) is 4.79 Å². The predicted octanol–water partition coefficient (Wildman–Crippen LogP) is 4.81. The van der Waals surface area contributed by atoms with Gasteiger partial charge in [0.1, 0.15) is 6.61 Å². The zero-order valence-corrected chi connectivity index (χ0v) is 15.4. The molecule has 0 aromatic heterocycles. The Labute approximate surface area is 141 Å². The molecule has 130 valence electrons. The van der Waals surface area contributed by atoms with Crippen molar-refractivity contribution in [1.29, 1.82) is 0 Å². The summed E-state index contributed by atoms with van der Waals surface area (Å²) in [4.78, 5) is 12.2. The smallest absolute Gasteiger partial charge is 0.338 e. The van der Waals surface area contributed by atoms with Gasteiger partial charge in [-0.15, -0.1) is 0 Å². The van der Waals surface area contributed by atoms with E-state index in [0.29, 0.717) is 25.4 Å². The molecule has 0 N–H and O–H groups in total. The minimum atomic E-state index is -0.250. The maximum absolute atomic E-state index is 12.2. The fourth-order valence-electron chi connectivity index (χ4n) is 2.40. The van der Waals surface area contributed by atoms with Gasteiger partial charge in [0.15, 0.2) is 0 Å². The molecule has 0 heterocycles. The first-order valence-electron chi connectivity index (χ1n) is 8.73. The second kappa shape index (κ2) is 9.71. The molecule has 23 heavy (non-hydrogen) atoms. The Hall–Kier alpha value is -1.35. The van der Waals surface area contributed by atoms with Crippen LogP contribution in [0.3, 0.4) is 0 Å². The molecule has 0 aliphatic carbocycles. The number of esters is 1. The number of rotatable bonds is 9. The van der Waals surface area contributed by atoms with Gasteiger partial charge in [-0.05, 0) is 41.5 Å². The van der Waals surface area contributed by atoms with E-state index < -0.39 is 0 Å². The van der Waals surface area contributed by atoms with Gasteiger partial charge in [-0.3, -0.25) is 0 Å². The Balaban J connectivity index is 2.57. The molecule has 0 amide bonds. The molecule has 3 nitrogen and oxygen atoms in total. The third kappa shape index (κ3) is 8.17. The lowest BCUT2D eigenvalue weighted by molar-refractivity contribution is 0.0179. The number of hydrogen-bond acceptors (Lipinski definition) is 3. The van der Waals surface area contributed by atoms with Crippen LogP contribution in [0.15, 0.2) is 18.2 Å². The Kier molecular flexibility index (Phi) is 8.32. The Morgan fingerprint density at radius 2 is 1.52 bits per heavy atom. The molecule has 0 radical (unpaired) electrons. The summed E-state index contributed by atoms with van der Waals surface area (Å²) in [5.74, 6) is -0.250. The van der Waals surface area contributed by atoms with Crippen molar-refractivity contribution in [3.05, 3.63) is 34.9 Å². The summed E-state index contributed by atoms with van der Waals surface area (Å²) in [6.07, 6.45) is 4.13. The van der Waals surface area contributed by atoms with Crippen LogP contribution in [-0.2, 0) is 22.3 Å². The van der Waals surface area contributed by atoms with Crippen LogP contribution in [0.2, 0.25) is 0 Å². The van der Waals surface area contributed by atoms with Crippen LogP contribution in [0, 0.1) is 5.41 Å². The quantitative estimate of drug-likeness (QED) is 0.484. The highest BCUT2D eigenvalue weighted by Gasteiger charge is 2.12. The van der Waals surface area contributed by atoms with Crippen molar-refractivity contribution in [3.63, 3.8) is 0 Å². The molecule has 0 saturated heterocycles. The molecule has 0 aliphatic heterocycles. The summed E-state index contributed by atoms with van der Waals surface area (Å²) in [6, 6.07) is 6.12. The van der Waals surface area contributed by atoms with Gasteiger partial charge in [0.2, 0.25) is 0 Å². The van der Waals surface area contributed by atoms with Gasteiger partial charge >= 0.3 is 5.97 Å². The van der Waals surface area contributed by atoms with Crippen molar-refractivity contribution >= 4 is 5.97 Å². The lowest BCUT2D eigenvalue weighted by Gasteiger charge is -2.17. The van der Waals surface area contributed by atoms with Crippen molar-refractivity contribution in [2.45, 2.75) is 60.3 Å². The molecule has 0 saturated carbocycles. The molecule has 0 unspecified atom stereocenters. The zero-order chi connectivity index (χ0) is 17.3. The van der Waals surface area contributed by atoms with Crippen LogP contribution in [0.25, 0.3) is 0 Å². The van der Waals surface area contributed by atoms with E-state index in [0.717, 1.165) is 25.7 Å². The molecule has 1 rings (SSSR count). The molecule has 1 aromatic carbocycles. The molecule has 1 aromatic rings. The van der Waals surface area contributed by atoms with Gasteiger partial charge in [0.05, 0.1) is 18.8 Å². The van der Waals surface area contributed by atoms with Crippen LogP contribution in [-0.4, -0.2) is 25.8 Å². The summed E-state index contributed by atoms with van der Waals surface area (Å²) in [7, 11) is 0. The fourth-order valence-corrected chi connectivity index (χ4v) is 2.40. The SMILES string of the molecule is CCCc1cc(CCC)cc(C(=O)OCCOCC(C)(C)C)c1. The van der Waals surface area contributed by atoms with Crippen molar-refractivity contribution in [3.8, 4) is 0 Å². The second-order valence-electron chi connectivity index (χ2n) is 7.29. The first kappa shape index (κ1) is 19.7. The van der Waals surface area contributed by atoms with Gasteiger partial charge in [-0.1, -0.05) is 53.5 Å². The highest BCUT2D eigenvalue weighted by atomic mass is 16.6. The number of ether oxygens (including phenoxy) is 2. The zero-order valence-electron chi connectivity index (χ0n) is 15.4. The molecular formula is C20H32O3. The predicted molar refractivity (Wildman–Crippen MR) is 95.0 cm³/mol. The minimum absolute atomic E-state index is 0.132. The highest BCUT2D eigenvalue weighted by Crippen LogP contribution is 2.15. The minimum Gasteiger partial charge on any atom is -0.460 e. The fraction of sp³-hybridized carbons (Fsp3) is 0.650. The van der Waals surface area contributed by atoms with Crippen molar-refractivity contribution < 1.29 is 14.3 Å². The van der Waals surface area contributed by atoms with Crippen LogP contribution in [0.5, 0.6) is 0 Å². The summed E-state index contributed by atoms with van der Waals surface area (Å²) < 4.78 is 10.9. The topological polar surface area (TPSA) is 35.5 Å². The van der Waals surface area contributed by atoms with Gasteiger partial charge in [0, 0.05) is 0 Å². The van der Waals surface area contributed by atoms with E-state index in [9.17, 15) is 4.79 Å². The summed E-state index contributed by atoms with van der Waals surface area (Å²) in [5, 5.41) is 0. The summed E-state index contributed by atoms with van der Waals surface area (Å²) in [5.41, 5.74) is 3.23. The molecule has 0 spiro atoms. The average molecular weight is 320 g/mol. The monoisotopic (exact) mass is 320 g/mol. The number of aryl methyl sites for hydroxylation is 2. The Morgan fingerprint density at radius 1 is 0.957 bits per heavy atom. The maximum Gasteiger partial charge on any atom is 0.338 e. The van der Waals surface area contributed by atoms with Crippen molar-refractivity contribution in [2.24, 2.45) is 5.41 Å². The molecule has 0 atom stereocenters. The number of benzene rings is 1. The molecule has 3 heteroatoms. The van der Waals surface area contributed by atoms with E-state index in [2.05, 4.69) is 40.7 Å². The standard InChI is InChI=1S/C20H32O3/c1-6-8-16-12-17(9-7-2)14-18(13-16)19(21)23-11-10-22-15-20(3,4)5/h12-14H,6-11,15H2,1-5H3. The van der Waals surface area contributed by atoms with Gasteiger partial charge < -0.3 is 9.47 Å². The lowest BCUT2D eigenvalue weighted by atomic mass is 9.99. The average Bonchev–Trinajstić information content (AvgIpc) is 2.46. The Bertz CT molecular complexity index is 462. The number of carbonyl (C=O) groups is 1. The highest BCUT2D eigenvalue weighted by molar-refractivity contribution is 5.89. The molecule has 0 bridgehead atoms. The van der Waals surface area contributed by atoms with Crippen LogP contribution < -0.4 is 0 Å². The van der Waals surface area contributed by atoms with E-state index >= 15 is 0 Å². The van der Waals surface area contributed by atoms with Crippen LogP contribution >= 0.6 is 0 Å². The third-order valence-corrected chi connectivity index (χ3v) is 3.36.